The number of piperidine rings is 2. The highest BCUT2D eigenvalue weighted by Gasteiger charge is 2.24. The second kappa shape index (κ2) is 11.0. The lowest BCUT2D eigenvalue weighted by Gasteiger charge is -2.34. The standard InChI is InChI=1S/C29H36N4O/c34-28(21-25-7-4-15-30-22-25)32-17-11-23(12-18-32)5-3-6-24-13-19-33(20-14-24)29-27-9-2-1-8-26(27)10-16-31-29/h1-2,4,7-10,15-16,22-24H,3,5-6,11-14,17-21H2. The maximum atomic E-state index is 12.6. The molecule has 4 heterocycles. The summed E-state index contributed by atoms with van der Waals surface area (Å²) in [6.07, 6.45) is 14.8. The Morgan fingerprint density at radius 3 is 2.32 bits per heavy atom. The van der Waals surface area contributed by atoms with Gasteiger partial charge in [-0.3, -0.25) is 9.78 Å². The summed E-state index contributed by atoms with van der Waals surface area (Å²) in [5, 5.41) is 2.55. The molecule has 0 radical (unpaired) electrons. The fourth-order valence-corrected chi connectivity index (χ4v) is 5.74. The van der Waals surface area contributed by atoms with Gasteiger partial charge in [-0.05, 0) is 60.6 Å². The first kappa shape index (κ1) is 22.8. The molecule has 2 aliphatic rings. The van der Waals surface area contributed by atoms with Crippen LogP contribution in [0.2, 0.25) is 0 Å². The van der Waals surface area contributed by atoms with Crippen LogP contribution in [0.3, 0.4) is 0 Å². The van der Waals surface area contributed by atoms with Crippen molar-refractivity contribution < 1.29 is 4.79 Å². The molecule has 3 aromatic rings. The van der Waals surface area contributed by atoms with Crippen molar-refractivity contribution in [3.05, 3.63) is 66.6 Å². The smallest absolute Gasteiger partial charge is 0.227 e. The Balaban J connectivity index is 1.01. The number of fused-ring (bicyclic) bond motifs is 1. The molecular weight excluding hydrogens is 420 g/mol. The molecule has 2 fully saturated rings. The van der Waals surface area contributed by atoms with Crippen LogP contribution in [0.5, 0.6) is 0 Å². The minimum atomic E-state index is 0.249. The predicted molar refractivity (Wildman–Crippen MR) is 138 cm³/mol. The van der Waals surface area contributed by atoms with Gasteiger partial charge < -0.3 is 9.80 Å². The molecule has 1 aromatic carbocycles. The van der Waals surface area contributed by atoms with Gasteiger partial charge in [-0.1, -0.05) is 49.6 Å². The van der Waals surface area contributed by atoms with Gasteiger partial charge >= 0.3 is 0 Å². The van der Waals surface area contributed by atoms with Gasteiger partial charge in [-0.2, -0.15) is 0 Å². The number of carbonyl (C=O) groups excluding carboxylic acids is 1. The number of likely N-dealkylation sites (tertiary alicyclic amines) is 1. The number of aromatic nitrogens is 2. The molecule has 1 amide bonds. The van der Waals surface area contributed by atoms with Crippen molar-refractivity contribution >= 4 is 22.5 Å². The zero-order valence-corrected chi connectivity index (χ0v) is 20.1. The van der Waals surface area contributed by atoms with Crippen molar-refractivity contribution in [1.29, 1.82) is 0 Å². The van der Waals surface area contributed by atoms with Crippen LogP contribution in [0.25, 0.3) is 10.8 Å². The molecule has 0 spiro atoms. The number of benzene rings is 1. The van der Waals surface area contributed by atoms with E-state index in [0.29, 0.717) is 6.42 Å². The van der Waals surface area contributed by atoms with Crippen molar-refractivity contribution in [2.75, 3.05) is 31.1 Å². The normalized spacial score (nSPS) is 17.9. The van der Waals surface area contributed by atoms with Crippen LogP contribution in [-0.4, -0.2) is 47.0 Å². The number of carbonyl (C=O) groups is 1. The third kappa shape index (κ3) is 5.57. The summed E-state index contributed by atoms with van der Waals surface area (Å²) < 4.78 is 0. The van der Waals surface area contributed by atoms with E-state index in [-0.39, 0.29) is 5.91 Å². The van der Waals surface area contributed by atoms with Crippen LogP contribution in [0.1, 0.15) is 50.5 Å². The number of nitrogens with zero attached hydrogens (tertiary/aromatic N) is 4. The van der Waals surface area contributed by atoms with E-state index < -0.39 is 0 Å². The average Bonchev–Trinajstić information content (AvgIpc) is 2.90. The predicted octanol–water partition coefficient (Wildman–Crippen LogP) is 5.50. The molecule has 0 atom stereocenters. The van der Waals surface area contributed by atoms with E-state index in [9.17, 15) is 4.79 Å². The minimum absolute atomic E-state index is 0.249. The van der Waals surface area contributed by atoms with Gasteiger partial charge in [0.2, 0.25) is 5.91 Å². The molecule has 0 bridgehead atoms. The third-order valence-corrected chi connectivity index (χ3v) is 7.84. The topological polar surface area (TPSA) is 49.3 Å². The van der Waals surface area contributed by atoms with Gasteiger partial charge in [0.25, 0.3) is 0 Å². The van der Waals surface area contributed by atoms with Crippen molar-refractivity contribution in [2.24, 2.45) is 11.8 Å². The van der Waals surface area contributed by atoms with Crippen molar-refractivity contribution in [3.63, 3.8) is 0 Å². The maximum absolute atomic E-state index is 12.6. The van der Waals surface area contributed by atoms with Gasteiger partial charge in [0, 0.05) is 50.2 Å². The molecule has 0 N–H and O–H groups in total. The monoisotopic (exact) mass is 456 g/mol. The summed E-state index contributed by atoms with van der Waals surface area (Å²) in [5.41, 5.74) is 1.01. The molecule has 5 rings (SSSR count). The number of pyridine rings is 2. The van der Waals surface area contributed by atoms with Gasteiger partial charge in [0.15, 0.2) is 0 Å². The summed E-state index contributed by atoms with van der Waals surface area (Å²) in [7, 11) is 0. The van der Waals surface area contributed by atoms with Crippen LogP contribution in [-0.2, 0) is 11.2 Å². The second-order valence-corrected chi connectivity index (χ2v) is 10.1. The lowest BCUT2D eigenvalue weighted by molar-refractivity contribution is -0.131. The number of rotatable bonds is 7. The lowest BCUT2D eigenvalue weighted by atomic mass is 9.86. The van der Waals surface area contributed by atoms with Crippen LogP contribution >= 0.6 is 0 Å². The zero-order valence-electron chi connectivity index (χ0n) is 20.1. The molecule has 2 aliphatic heterocycles. The first-order chi connectivity index (χ1) is 16.8. The summed E-state index contributed by atoms with van der Waals surface area (Å²) in [6, 6.07) is 14.6. The first-order valence-corrected chi connectivity index (χ1v) is 13.0. The van der Waals surface area contributed by atoms with E-state index in [1.54, 1.807) is 12.4 Å². The van der Waals surface area contributed by atoms with Crippen LogP contribution in [0.15, 0.2) is 61.1 Å². The van der Waals surface area contributed by atoms with Crippen molar-refractivity contribution in [3.8, 4) is 0 Å². The summed E-state index contributed by atoms with van der Waals surface area (Å²) in [6.45, 7) is 4.06. The molecule has 0 unspecified atom stereocenters. The van der Waals surface area contributed by atoms with E-state index in [0.717, 1.165) is 62.2 Å². The SMILES string of the molecule is O=C(Cc1cccnc1)N1CCC(CCCC2CCN(c3nccc4ccccc34)CC2)CC1. The molecule has 34 heavy (non-hydrogen) atoms. The molecule has 178 valence electrons. The van der Waals surface area contributed by atoms with Crippen molar-refractivity contribution in [1.82, 2.24) is 14.9 Å². The largest absolute Gasteiger partial charge is 0.356 e. The van der Waals surface area contributed by atoms with E-state index in [1.807, 2.05) is 18.3 Å². The Morgan fingerprint density at radius 1 is 0.853 bits per heavy atom. The quantitative estimate of drug-likeness (QED) is 0.471. The van der Waals surface area contributed by atoms with Crippen LogP contribution < -0.4 is 4.90 Å². The van der Waals surface area contributed by atoms with E-state index in [4.69, 9.17) is 4.98 Å². The summed E-state index contributed by atoms with van der Waals surface area (Å²) in [5.74, 6) is 3.02. The summed E-state index contributed by atoms with van der Waals surface area (Å²) in [4.78, 5) is 26.0. The van der Waals surface area contributed by atoms with Gasteiger partial charge in [0.1, 0.15) is 5.82 Å². The van der Waals surface area contributed by atoms with Gasteiger partial charge in [-0.25, -0.2) is 4.98 Å². The lowest BCUT2D eigenvalue weighted by Crippen LogP contribution is -2.39. The Bertz CT molecular complexity index is 1060. The Morgan fingerprint density at radius 2 is 1.59 bits per heavy atom. The molecule has 0 aliphatic carbocycles. The summed E-state index contributed by atoms with van der Waals surface area (Å²) >= 11 is 0. The van der Waals surface area contributed by atoms with E-state index >= 15 is 0 Å². The van der Waals surface area contributed by atoms with Crippen LogP contribution in [0, 0.1) is 11.8 Å². The molecule has 2 aromatic heterocycles. The Hall–Kier alpha value is -2.95. The highest BCUT2D eigenvalue weighted by Crippen LogP contribution is 2.31. The van der Waals surface area contributed by atoms with E-state index in [1.165, 1.54) is 42.9 Å². The number of amides is 1. The second-order valence-electron chi connectivity index (χ2n) is 10.1. The fourth-order valence-electron chi connectivity index (χ4n) is 5.74. The molecule has 5 heteroatoms. The van der Waals surface area contributed by atoms with Gasteiger partial charge in [0.05, 0.1) is 6.42 Å². The first-order valence-electron chi connectivity index (χ1n) is 13.0. The Kier molecular flexibility index (Phi) is 7.37. The van der Waals surface area contributed by atoms with E-state index in [2.05, 4.69) is 45.1 Å². The number of anilines is 1. The maximum Gasteiger partial charge on any atom is 0.227 e. The third-order valence-electron chi connectivity index (χ3n) is 7.84. The van der Waals surface area contributed by atoms with Crippen molar-refractivity contribution in [2.45, 2.75) is 51.4 Å². The highest BCUT2D eigenvalue weighted by molar-refractivity contribution is 5.92. The fraction of sp³-hybridized carbons (Fsp3) is 0.483. The number of hydrogen-bond acceptors (Lipinski definition) is 4. The number of hydrogen-bond donors (Lipinski definition) is 0. The minimum Gasteiger partial charge on any atom is -0.356 e. The molecule has 2 saturated heterocycles. The molecule has 5 nitrogen and oxygen atoms in total. The van der Waals surface area contributed by atoms with Crippen LogP contribution in [0.4, 0.5) is 5.82 Å². The molecule has 0 saturated carbocycles. The van der Waals surface area contributed by atoms with Gasteiger partial charge in [-0.15, -0.1) is 0 Å². The highest BCUT2D eigenvalue weighted by atomic mass is 16.2. The zero-order chi connectivity index (χ0) is 23.2. The Labute approximate surface area is 203 Å². The average molecular weight is 457 g/mol. The molecular formula is C29H36N4O.